The van der Waals surface area contributed by atoms with Crippen molar-refractivity contribution >= 4 is 11.9 Å². The molecule has 0 aromatic carbocycles. The molecule has 16 heavy (non-hydrogen) atoms. The maximum absolute atomic E-state index is 10.8. The molecule has 4 N–H and O–H groups in total. The fraction of sp³-hybridized carbons (Fsp3) is 0.800. The van der Waals surface area contributed by atoms with E-state index in [1.807, 2.05) is 13.8 Å². The molecule has 0 amide bonds. The van der Waals surface area contributed by atoms with Gasteiger partial charge in [0.25, 0.3) is 0 Å². The number of aliphatic hydroxyl groups is 1. The lowest BCUT2D eigenvalue weighted by Crippen LogP contribution is -2.39. The summed E-state index contributed by atoms with van der Waals surface area (Å²) in [7, 11) is 0. The van der Waals surface area contributed by atoms with E-state index in [0.717, 1.165) is 0 Å². The zero-order valence-electron chi connectivity index (χ0n) is 9.51. The lowest BCUT2D eigenvalue weighted by molar-refractivity contribution is -0.146. The number of carboxylic acid groups (broad SMARTS) is 2. The molecule has 6 heteroatoms. The van der Waals surface area contributed by atoms with Gasteiger partial charge in [-0.3, -0.25) is 4.79 Å². The van der Waals surface area contributed by atoms with Gasteiger partial charge in [0, 0.05) is 0 Å². The van der Waals surface area contributed by atoms with Gasteiger partial charge in [0.2, 0.25) is 0 Å². The Morgan fingerprint density at radius 2 is 1.75 bits per heavy atom. The van der Waals surface area contributed by atoms with Crippen molar-refractivity contribution in [3.05, 3.63) is 0 Å². The van der Waals surface area contributed by atoms with Crippen LogP contribution in [0.1, 0.15) is 26.7 Å². The highest BCUT2D eigenvalue weighted by molar-refractivity contribution is 5.73. The lowest BCUT2D eigenvalue weighted by Gasteiger charge is -2.16. The number of rotatable bonds is 8. The molecule has 0 bridgehead atoms. The molecule has 94 valence electrons. The topological polar surface area (TPSA) is 107 Å². The van der Waals surface area contributed by atoms with Gasteiger partial charge in [-0.1, -0.05) is 13.8 Å². The molecule has 0 heterocycles. The van der Waals surface area contributed by atoms with Gasteiger partial charge >= 0.3 is 11.9 Å². The van der Waals surface area contributed by atoms with E-state index in [1.165, 1.54) is 0 Å². The van der Waals surface area contributed by atoms with Crippen molar-refractivity contribution in [3.8, 4) is 0 Å². The number of carboxylic acids is 2. The maximum atomic E-state index is 10.8. The Morgan fingerprint density at radius 1 is 1.19 bits per heavy atom. The number of hydrogen-bond acceptors (Lipinski definition) is 4. The van der Waals surface area contributed by atoms with Crippen LogP contribution in [0.15, 0.2) is 0 Å². The lowest BCUT2D eigenvalue weighted by atomic mass is 10.0. The highest BCUT2D eigenvalue weighted by Gasteiger charge is 2.19. The monoisotopic (exact) mass is 233 g/mol. The Bertz CT molecular complexity index is 241. The first-order valence-electron chi connectivity index (χ1n) is 5.21. The molecule has 0 fully saturated rings. The summed E-state index contributed by atoms with van der Waals surface area (Å²) in [6.45, 7) is 3.98. The molecule has 6 nitrogen and oxygen atoms in total. The Hall–Kier alpha value is -1.14. The van der Waals surface area contributed by atoms with Crippen LogP contribution in [-0.4, -0.2) is 45.9 Å². The van der Waals surface area contributed by atoms with Gasteiger partial charge in [0.05, 0.1) is 0 Å². The van der Waals surface area contributed by atoms with Gasteiger partial charge in [0.15, 0.2) is 6.10 Å². The van der Waals surface area contributed by atoms with E-state index in [0.29, 0.717) is 6.42 Å². The van der Waals surface area contributed by atoms with Gasteiger partial charge in [0.1, 0.15) is 6.04 Å². The van der Waals surface area contributed by atoms with Gasteiger partial charge in [-0.15, -0.1) is 0 Å². The van der Waals surface area contributed by atoms with Crippen molar-refractivity contribution < 1.29 is 24.9 Å². The first-order valence-corrected chi connectivity index (χ1v) is 5.21. The molecule has 0 aromatic rings. The molecule has 2 atom stereocenters. The van der Waals surface area contributed by atoms with Crippen LogP contribution in [0.4, 0.5) is 0 Å². The third kappa shape index (κ3) is 6.36. The summed E-state index contributed by atoms with van der Waals surface area (Å²) in [5, 5.41) is 28.9. The first kappa shape index (κ1) is 14.9. The summed E-state index contributed by atoms with van der Waals surface area (Å²) >= 11 is 0. The number of carbonyl (C=O) groups is 2. The second-order valence-corrected chi connectivity index (χ2v) is 4.12. The molecule has 0 saturated heterocycles. The summed E-state index contributed by atoms with van der Waals surface area (Å²) in [5.74, 6) is -2.02. The molecular formula is C10H19NO5. The van der Waals surface area contributed by atoms with Crippen molar-refractivity contribution in [1.82, 2.24) is 5.32 Å². The molecule has 0 spiro atoms. The standard InChI is InChI=1S/C10H19NO5/c1-6(2)5-7(9(13)14)11-4-3-8(12)10(15)16/h6-8,11-12H,3-5H2,1-2H3,(H,13,14)(H,15,16)/t7-,8+/m0/s1. The Kier molecular flexibility index (Phi) is 6.67. The third-order valence-electron chi connectivity index (χ3n) is 2.10. The van der Waals surface area contributed by atoms with Crippen molar-refractivity contribution in [2.75, 3.05) is 6.54 Å². The van der Waals surface area contributed by atoms with E-state index >= 15 is 0 Å². The third-order valence-corrected chi connectivity index (χ3v) is 2.10. The predicted octanol–water partition coefficient (Wildman–Crippen LogP) is -0.0891. The highest BCUT2D eigenvalue weighted by Crippen LogP contribution is 2.05. The van der Waals surface area contributed by atoms with Crippen LogP contribution in [-0.2, 0) is 9.59 Å². The number of aliphatic hydroxyl groups excluding tert-OH is 1. The summed E-state index contributed by atoms with van der Waals surface area (Å²) in [4.78, 5) is 21.1. The van der Waals surface area contributed by atoms with Crippen LogP contribution in [0.5, 0.6) is 0 Å². The average molecular weight is 233 g/mol. The molecule has 0 aliphatic heterocycles. The quantitative estimate of drug-likeness (QED) is 0.467. The molecule has 0 aromatic heterocycles. The Morgan fingerprint density at radius 3 is 2.12 bits per heavy atom. The predicted molar refractivity (Wildman–Crippen MR) is 57.1 cm³/mol. The van der Waals surface area contributed by atoms with Crippen molar-refractivity contribution in [2.24, 2.45) is 5.92 Å². The molecule has 0 rings (SSSR count). The van der Waals surface area contributed by atoms with E-state index in [1.54, 1.807) is 0 Å². The van der Waals surface area contributed by atoms with Crippen LogP contribution in [0, 0.1) is 5.92 Å². The molecule has 0 aliphatic rings. The van der Waals surface area contributed by atoms with E-state index in [4.69, 9.17) is 15.3 Å². The summed E-state index contributed by atoms with van der Waals surface area (Å²) < 4.78 is 0. The molecular weight excluding hydrogens is 214 g/mol. The van der Waals surface area contributed by atoms with Crippen LogP contribution < -0.4 is 5.32 Å². The smallest absolute Gasteiger partial charge is 0.332 e. The minimum Gasteiger partial charge on any atom is -0.480 e. The van der Waals surface area contributed by atoms with Crippen molar-refractivity contribution in [2.45, 2.75) is 38.8 Å². The molecule has 0 aliphatic carbocycles. The van der Waals surface area contributed by atoms with Gasteiger partial charge < -0.3 is 20.6 Å². The Labute approximate surface area is 94.3 Å². The van der Waals surface area contributed by atoms with Gasteiger partial charge in [-0.2, -0.15) is 0 Å². The van der Waals surface area contributed by atoms with E-state index in [-0.39, 0.29) is 18.9 Å². The fourth-order valence-corrected chi connectivity index (χ4v) is 1.26. The summed E-state index contributed by atoms with van der Waals surface area (Å²) in [5.41, 5.74) is 0. The second kappa shape index (κ2) is 7.19. The number of hydrogen-bond donors (Lipinski definition) is 4. The number of nitrogens with one attached hydrogen (secondary N) is 1. The highest BCUT2D eigenvalue weighted by atomic mass is 16.4. The van der Waals surface area contributed by atoms with Crippen molar-refractivity contribution in [3.63, 3.8) is 0 Å². The molecule has 0 radical (unpaired) electrons. The first-order chi connectivity index (χ1) is 7.34. The van der Waals surface area contributed by atoms with Gasteiger partial charge in [-0.25, -0.2) is 4.79 Å². The zero-order chi connectivity index (χ0) is 12.7. The fourth-order valence-electron chi connectivity index (χ4n) is 1.26. The minimum absolute atomic E-state index is 0.00277. The zero-order valence-corrected chi connectivity index (χ0v) is 9.51. The molecule has 0 saturated carbocycles. The minimum atomic E-state index is -1.44. The normalized spacial score (nSPS) is 14.8. The van der Waals surface area contributed by atoms with Crippen LogP contribution in [0.3, 0.4) is 0 Å². The average Bonchev–Trinajstić information content (AvgIpc) is 2.14. The summed E-state index contributed by atoms with van der Waals surface area (Å²) in [6, 6.07) is -0.694. The SMILES string of the molecule is CC(C)C[C@H](NCC[C@@H](O)C(=O)O)C(=O)O. The van der Waals surface area contributed by atoms with E-state index in [2.05, 4.69) is 5.32 Å². The summed E-state index contributed by atoms with van der Waals surface area (Å²) in [6.07, 6.45) is -0.976. The van der Waals surface area contributed by atoms with Crippen LogP contribution in [0.25, 0.3) is 0 Å². The maximum Gasteiger partial charge on any atom is 0.332 e. The largest absolute Gasteiger partial charge is 0.480 e. The number of aliphatic carboxylic acids is 2. The van der Waals surface area contributed by atoms with E-state index < -0.39 is 24.1 Å². The Balaban J connectivity index is 3.94. The van der Waals surface area contributed by atoms with Crippen LogP contribution in [0.2, 0.25) is 0 Å². The van der Waals surface area contributed by atoms with E-state index in [9.17, 15) is 9.59 Å². The van der Waals surface area contributed by atoms with Crippen molar-refractivity contribution in [1.29, 1.82) is 0 Å². The van der Waals surface area contributed by atoms with Crippen LogP contribution >= 0.6 is 0 Å². The van der Waals surface area contributed by atoms with Gasteiger partial charge in [-0.05, 0) is 25.3 Å². The second-order valence-electron chi connectivity index (χ2n) is 4.12. The molecule has 0 unspecified atom stereocenters.